The lowest BCUT2D eigenvalue weighted by Gasteiger charge is -2.37. The van der Waals surface area contributed by atoms with E-state index in [1.165, 1.54) is 6.07 Å². The zero-order valence-corrected chi connectivity index (χ0v) is 15.4. The van der Waals surface area contributed by atoms with Crippen molar-refractivity contribution in [1.29, 1.82) is 0 Å². The van der Waals surface area contributed by atoms with Crippen LogP contribution in [0.25, 0.3) is 5.65 Å². The first-order chi connectivity index (χ1) is 13.3. The standard InChI is InChI=1S/C17H21F3N6O2/c1-11-10-25(8-9-28-11)15(27)12-4-6-24(7-5-12)14-3-2-13-21-22-16(17(18,19)20)26(13)23-14/h2-3,11-12H,4-10H2,1H3. The molecule has 2 aromatic heterocycles. The summed E-state index contributed by atoms with van der Waals surface area (Å²) < 4.78 is 45.3. The van der Waals surface area contributed by atoms with E-state index < -0.39 is 12.0 Å². The topological polar surface area (TPSA) is 75.9 Å². The van der Waals surface area contributed by atoms with E-state index in [-0.39, 0.29) is 23.6 Å². The minimum absolute atomic E-state index is 0.0420. The van der Waals surface area contributed by atoms with Gasteiger partial charge >= 0.3 is 6.18 Å². The van der Waals surface area contributed by atoms with Gasteiger partial charge in [-0.3, -0.25) is 4.79 Å². The van der Waals surface area contributed by atoms with E-state index in [9.17, 15) is 18.0 Å². The number of hydrogen-bond acceptors (Lipinski definition) is 6. The van der Waals surface area contributed by atoms with Crippen molar-refractivity contribution < 1.29 is 22.7 Å². The lowest BCUT2D eigenvalue weighted by molar-refractivity contribution is -0.146. The predicted molar refractivity (Wildman–Crippen MR) is 92.7 cm³/mol. The Morgan fingerprint density at radius 1 is 1.18 bits per heavy atom. The molecule has 28 heavy (non-hydrogen) atoms. The number of hydrogen-bond donors (Lipinski definition) is 0. The van der Waals surface area contributed by atoms with Crippen LogP contribution in [0.5, 0.6) is 0 Å². The zero-order chi connectivity index (χ0) is 19.9. The molecule has 0 saturated carbocycles. The number of carbonyl (C=O) groups excluding carboxylic acids is 1. The van der Waals surface area contributed by atoms with Crippen molar-refractivity contribution >= 4 is 17.4 Å². The third-order valence-corrected chi connectivity index (χ3v) is 5.22. The second kappa shape index (κ2) is 7.19. The van der Waals surface area contributed by atoms with Crippen LogP contribution in [0.2, 0.25) is 0 Å². The van der Waals surface area contributed by atoms with Crippen molar-refractivity contribution in [3.63, 3.8) is 0 Å². The van der Waals surface area contributed by atoms with E-state index in [1.54, 1.807) is 6.07 Å². The fourth-order valence-electron chi connectivity index (χ4n) is 3.76. The van der Waals surface area contributed by atoms with Crippen LogP contribution in [0.1, 0.15) is 25.6 Å². The zero-order valence-electron chi connectivity index (χ0n) is 15.4. The molecule has 2 aliphatic rings. The Balaban J connectivity index is 1.44. The van der Waals surface area contributed by atoms with Crippen molar-refractivity contribution in [3.05, 3.63) is 18.0 Å². The molecule has 4 rings (SSSR count). The number of ether oxygens (including phenoxy) is 1. The molecule has 0 radical (unpaired) electrons. The summed E-state index contributed by atoms with van der Waals surface area (Å²) in [6, 6.07) is 3.10. The van der Waals surface area contributed by atoms with E-state index in [0.717, 1.165) is 4.52 Å². The molecule has 2 fully saturated rings. The molecule has 2 aliphatic heterocycles. The number of carbonyl (C=O) groups is 1. The Morgan fingerprint density at radius 3 is 2.61 bits per heavy atom. The van der Waals surface area contributed by atoms with E-state index in [4.69, 9.17) is 4.74 Å². The van der Waals surface area contributed by atoms with E-state index >= 15 is 0 Å². The molecular weight excluding hydrogens is 377 g/mol. The average Bonchev–Trinajstić information content (AvgIpc) is 3.11. The Morgan fingerprint density at radius 2 is 1.93 bits per heavy atom. The second-order valence-corrected chi connectivity index (χ2v) is 7.21. The maximum absolute atomic E-state index is 13.0. The highest BCUT2D eigenvalue weighted by Gasteiger charge is 2.38. The fraction of sp³-hybridized carbons (Fsp3) is 0.647. The predicted octanol–water partition coefficient (Wildman–Crippen LogP) is 1.61. The number of piperidine rings is 1. The number of amides is 1. The molecule has 1 amide bonds. The smallest absolute Gasteiger partial charge is 0.375 e. The number of nitrogens with zero attached hydrogens (tertiary/aromatic N) is 6. The summed E-state index contributed by atoms with van der Waals surface area (Å²) in [6.07, 6.45) is -3.31. The number of anilines is 1. The summed E-state index contributed by atoms with van der Waals surface area (Å²) in [5, 5.41) is 10.8. The van der Waals surface area contributed by atoms with Gasteiger partial charge in [-0.15, -0.1) is 15.3 Å². The van der Waals surface area contributed by atoms with Crippen molar-refractivity contribution in [2.75, 3.05) is 37.7 Å². The first-order valence-electron chi connectivity index (χ1n) is 9.28. The lowest BCUT2D eigenvalue weighted by atomic mass is 9.95. The van der Waals surface area contributed by atoms with E-state index in [1.807, 2.05) is 16.7 Å². The normalized spacial score (nSPS) is 22.1. The Kier molecular flexibility index (Phi) is 4.86. The Hall–Kier alpha value is -2.43. The monoisotopic (exact) mass is 398 g/mol. The molecule has 2 saturated heterocycles. The van der Waals surface area contributed by atoms with Gasteiger partial charge in [0.15, 0.2) is 5.65 Å². The van der Waals surface area contributed by atoms with Gasteiger partial charge in [0.05, 0.1) is 12.7 Å². The number of morpholine rings is 1. The minimum atomic E-state index is -4.63. The van der Waals surface area contributed by atoms with Gasteiger partial charge in [0.25, 0.3) is 5.82 Å². The van der Waals surface area contributed by atoms with Crippen molar-refractivity contribution in [2.45, 2.75) is 32.0 Å². The SMILES string of the molecule is CC1CN(C(=O)C2CCN(c3ccc4nnc(C(F)(F)F)n4n3)CC2)CCO1. The molecule has 4 heterocycles. The van der Waals surface area contributed by atoms with Gasteiger partial charge in [-0.2, -0.15) is 17.7 Å². The fourth-order valence-corrected chi connectivity index (χ4v) is 3.76. The maximum atomic E-state index is 13.0. The summed E-state index contributed by atoms with van der Waals surface area (Å²) in [7, 11) is 0. The van der Waals surface area contributed by atoms with Crippen LogP contribution < -0.4 is 4.90 Å². The molecule has 1 atom stereocenters. The largest absolute Gasteiger partial charge is 0.453 e. The van der Waals surface area contributed by atoms with Gasteiger partial charge in [-0.25, -0.2) is 0 Å². The highest BCUT2D eigenvalue weighted by Crippen LogP contribution is 2.29. The van der Waals surface area contributed by atoms with Crippen LogP contribution in [0, 0.1) is 5.92 Å². The van der Waals surface area contributed by atoms with Crippen LogP contribution in [0.4, 0.5) is 19.0 Å². The number of aromatic nitrogens is 4. The van der Waals surface area contributed by atoms with Gasteiger partial charge in [0.1, 0.15) is 5.82 Å². The third-order valence-electron chi connectivity index (χ3n) is 5.22. The second-order valence-electron chi connectivity index (χ2n) is 7.21. The number of rotatable bonds is 2. The van der Waals surface area contributed by atoms with Gasteiger partial charge < -0.3 is 14.5 Å². The van der Waals surface area contributed by atoms with Crippen molar-refractivity contribution in [1.82, 2.24) is 24.7 Å². The first kappa shape index (κ1) is 18.9. The molecule has 0 spiro atoms. The molecule has 0 N–H and O–H groups in total. The van der Waals surface area contributed by atoms with Gasteiger partial charge in [-0.1, -0.05) is 0 Å². The van der Waals surface area contributed by atoms with Crippen LogP contribution in [-0.2, 0) is 15.7 Å². The highest BCUT2D eigenvalue weighted by molar-refractivity contribution is 5.79. The molecule has 2 aromatic rings. The molecule has 152 valence electrons. The van der Waals surface area contributed by atoms with Crippen LogP contribution >= 0.6 is 0 Å². The quantitative estimate of drug-likeness (QED) is 0.765. The maximum Gasteiger partial charge on any atom is 0.453 e. The molecule has 0 aromatic carbocycles. The molecule has 0 bridgehead atoms. The Labute approximate surface area is 159 Å². The number of fused-ring (bicyclic) bond motifs is 1. The van der Waals surface area contributed by atoms with Crippen LogP contribution in [0.15, 0.2) is 12.1 Å². The highest BCUT2D eigenvalue weighted by atomic mass is 19.4. The van der Waals surface area contributed by atoms with Crippen LogP contribution in [-0.4, -0.2) is 69.5 Å². The third kappa shape index (κ3) is 3.62. The van der Waals surface area contributed by atoms with Crippen molar-refractivity contribution in [3.8, 4) is 0 Å². The summed E-state index contributed by atoms with van der Waals surface area (Å²) in [5.74, 6) is -0.665. The summed E-state index contributed by atoms with van der Waals surface area (Å²) in [4.78, 5) is 16.5. The minimum Gasteiger partial charge on any atom is -0.375 e. The van der Waals surface area contributed by atoms with E-state index in [0.29, 0.717) is 51.4 Å². The summed E-state index contributed by atoms with van der Waals surface area (Å²) in [6.45, 7) is 4.82. The lowest BCUT2D eigenvalue weighted by Crippen LogP contribution is -2.49. The van der Waals surface area contributed by atoms with Gasteiger partial charge in [0, 0.05) is 32.1 Å². The number of alkyl halides is 3. The van der Waals surface area contributed by atoms with Crippen molar-refractivity contribution in [2.24, 2.45) is 5.92 Å². The first-order valence-corrected chi connectivity index (χ1v) is 9.28. The van der Waals surface area contributed by atoms with Gasteiger partial charge in [-0.05, 0) is 31.9 Å². The van der Waals surface area contributed by atoms with Gasteiger partial charge in [0.2, 0.25) is 5.91 Å². The molecule has 1 unspecified atom stereocenters. The van der Waals surface area contributed by atoms with E-state index in [2.05, 4.69) is 15.3 Å². The number of halogens is 3. The van der Waals surface area contributed by atoms with Crippen LogP contribution in [0.3, 0.4) is 0 Å². The molecular formula is C17H21F3N6O2. The Bertz CT molecular complexity index is 862. The summed E-state index contributed by atoms with van der Waals surface area (Å²) >= 11 is 0. The molecule has 11 heteroatoms. The average molecular weight is 398 g/mol. The molecule has 0 aliphatic carbocycles. The summed E-state index contributed by atoms with van der Waals surface area (Å²) in [5.41, 5.74) is 0.0441. The molecule has 8 nitrogen and oxygen atoms in total.